The van der Waals surface area contributed by atoms with Crippen LogP contribution in [-0.4, -0.2) is 0 Å². The van der Waals surface area contributed by atoms with Crippen molar-refractivity contribution in [2.45, 2.75) is 0 Å². The number of hydrogen-bond donors (Lipinski definition) is 0. The second-order valence-electron chi connectivity index (χ2n) is 0.447. The third-order valence-corrected chi connectivity index (χ3v) is 0. The molecule has 0 saturated heterocycles. The molecule has 0 aromatic rings. The van der Waals surface area contributed by atoms with Crippen LogP contribution in [0.2, 0.25) is 0 Å². The maximum atomic E-state index is 8.55. The summed E-state index contributed by atoms with van der Waals surface area (Å²) in [4.78, 5) is 25.6. The predicted octanol–water partition coefficient (Wildman–Crippen LogP) is -5.74. The summed E-state index contributed by atoms with van der Waals surface area (Å²) in [7, 11) is -5.39. The molecule has 0 radical (unpaired) electrons. The van der Waals surface area contributed by atoms with Crippen LogP contribution in [0, 0.1) is 7.43 Å². The molecule has 0 bridgehead atoms. The van der Waals surface area contributed by atoms with Gasteiger partial charge in [-0.3, -0.25) is 0 Å². The maximum Gasteiger partial charge on any atom is 5.00 e. The second-order valence-corrected chi connectivity index (χ2v) is 1.34. The molecule has 0 atom stereocenters. The number of hydrogen-bond acceptors (Lipinski definition) is 4. The van der Waals surface area contributed by atoms with E-state index in [1.54, 1.807) is 0 Å². The van der Waals surface area contributed by atoms with E-state index in [1.807, 2.05) is 0 Å². The van der Waals surface area contributed by atoms with Crippen molar-refractivity contribution in [2.75, 3.05) is 0 Å². The molecule has 0 rings (SSSR count). The summed E-state index contributed by atoms with van der Waals surface area (Å²) in [5, 5.41) is 0. The molecule has 0 spiro atoms. The van der Waals surface area contributed by atoms with Crippen LogP contribution in [0.3, 0.4) is 0 Å². The zero-order valence-corrected chi connectivity index (χ0v) is 6.32. The molecule has 0 aliphatic carbocycles. The van der Waals surface area contributed by atoms with E-state index < -0.39 is 7.82 Å². The van der Waals surface area contributed by atoms with Gasteiger partial charge in [-0.15, -0.1) is 0 Å². The van der Waals surface area contributed by atoms with Crippen LogP contribution in [0.5, 0.6) is 0 Å². The van der Waals surface area contributed by atoms with Gasteiger partial charge in [0.05, 0.1) is 0 Å². The molecule has 7 heteroatoms. The first kappa shape index (κ1) is 22.8. The summed E-state index contributed by atoms with van der Waals surface area (Å²) >= 11 is 0. The molecule has 4 nitrogen and oxygen atoms in total. The average molecular weight is 165 g/mol. The Hall–Kier alpha value is 1.29. The largest absolute Gasteiger partial charge is 5.00 e. The van der Waals surface area contributed by atoms with Crippen LogP contribution in [0.25, 0.3) is 0 Å². The molecule has 32 valence electrons. The van der Waals surface area contributed by atoms with Crippen molar-refractivity contribution in [3.05, 3.63) is 7.43 Å². The van der Waals surface area contributed by atoms with Gasteiger partial charge in [-0.1, -0.05) is 0 Å². The van der Waals surface area contributed by atoms with E-state index in [0.29, 0.717) is 0 Å². The number of phosphoric acid groups is 1. The van der Waals surface area contributed by atoms with Crippen LogP contribution in [0.1, 0.15) is 0 Å². The molecule has 8 heavy (non-hydrogen) atoms. The van der Waals surface area contributed by atoms with Crippen LogP contribution < -0.4 is 33.5 Å². The normalized spacial score (nSPS) is 7.38. The first-order valence-corrected chi connectivity index (χ1v) is 2.19. The zero-order chi connectivity index (χ0) is 4.50. The van der Waals surface area contributed by atoms with Gasteiger partial charge >= 0.3 is 44.8 Å². The van der Waals surface area contributed by atoms with Crippen LogP contribution in [0.15, 0.2) is 0 Å². The van der Waals surface area contributed by atoms with Crippen molar-refractivity contribution in [2.24, 2.45) is 0 Å². The van der Waals surface area contributed by atoms with Crippen molar-refractivity contribution < 1.29 is 56.7 Å². The van der Waals surface area contributed by atoms with Gasteiger partial charge in [-0.25, -0.2) is 0 Å². The van der Waals surface area contributed by atoms with Crippen molar-refractivity contribution in [1.82, 2.24) is 0 Å². The summed E-state index contributed by atoms with van der Waals surface area (Å²) in [5.41, 5.74) is 0. The Kier molecular flexibility index (Phi) is 23.6. The van der Waals surface area contributed by atoms with Gasteiger partial charge in [-0.2, -0.15) is 7.82 Å². The Morgan fingerprint density at radius 3 is 1.12 bits per heavy atom. The van der Waals surface area contributed by atoms with Gasteiger partial charge < -0.3 is 19.2 Å². The quantitative estimate of drug-likeness (QED) is 0.264. The van der Waals surface area contributed by atoms with E-state index in [1.165, 1.54) is 0 Å². The third kappa shape index (κ3) is 173. The molecule has 0 aromatic heterocycles. The van der Waals surface area contributed by atoms with Crippen LogP contribution >= 0.6 is 7.82 Å². The molecule has 0 fully saturated rings. The molecule has 0 saturated carbocycles. The second kappa shape index (κ2) is 8.29. The van der Waals surface area contributed by atoms with Gasteiger partial charge in [0.2, 0.25) is 0 Å². The fourth-order valence-electron chi connectivity index (χ4n) is 0. The zero-order valence-electron chi connectivity index (χ0n) is 4.03. The molecule has 0 heterocycles. The Bertz CT molecular complexity index is 62.2. The van der Waals surface area contributed by atoms with Crippen LogP contribution in [0.4, 0.5) is 0 Å². The smallest absolute Gasteiger partial charge is 0.822 e. The first-order valence-electron chi connectivity index (χ1n) is 0.730. The molecule has 0 aliphatic heterocycles. The standard InChI is InChI=1S/C.Li.H3O4P.V/c;;1-5(2,3)4;/h;;(H3,1,2,3,4);/q+4;+1;;+5/p-3. The molecule has 0 amide bonds. The minimum Gasteiger partial charge on any atom is -0.822 e. The Morgan fingerprint density at radius 2 is 1.12 bits per heavy atom. The van der Waals surface area contributed by atoms with E-state index in [9.17, 15) is 0 Å². The fourth-order valence-corrected chi connectivity index (χ4v) is 0. The van der Waals surface area contributed by atoms with Gasteiger partial charge in [0.15, 0.2) is 0 Å². The minimum atomic E-state index is -5.39. The van der Waals surface area contributed by atoms with E-state index in [2.05, 4.69) is 0 Å². The van der Waals surface area contributed by atoms with E-state index in [4.69, 9.17) is 19.2 Å². The van der Waals surface area contributed by atoms with E-state index in [0.717, 1.165) is 0 Å². The van der Waals surface area contributed by atoms with E-state index >= 15 is 0 Å². The minimum absolute atomic E-state index is 0. The molecular weight excluding hydrogens is 165 g/mol. The maximum absolute atomic E-state index is 8.55. The summed E-state index contributed by atoms with van der Waals surface area (Å²) in [5.74, 6) is 0. The molecule has 0 unspecified atom stereocenters. The third-order valence-electron chi connectivity index (χ3n) is 0. The molecular formula is CLiO4PV+7. The first-order chi connectivity index (χ1) is 2.00. The van der Waals surface area contributed by atoms with Crippen molar-refractivity contribution in [3.8, 4) is 0 Å². The van der Waals surface area contributed by atoms with E-state index in [-0.39, 0.29) is 44.8 Å². The van der Waals surface area contributed by atoms with Crippen molar-refractivity contribution >= 4 is 7.82 Å². The summed E-state index contributed by atoms with van der Waals surface area (Å²) < 4.78 is 8.55. The Labute approximate surface area is 72.0 Å². The summed E-state index contributed by atoms with van der Waals surface area (Å²) in [6, 6.07) is 0. The van der Waals surface area contributed by atoms with Gasteiger partial charge in [-0.05, 0) is 0 Å². The van der Waals surface area contributed by atoms with Crippen LogP contribution in [-0.2, 0) is 23.1 Å². The Balaban J connectivity index is -0.0000000267. The Morgan fingerprint density at radius 1 is 1.12 bits per heavy atom. The predicted molar refractivity (Wildman–Crippen MR) is 10.8 cm³/mol. The monoisotopic (exact) mass is 165 g/mol. The molecule has 0 aliphatic rings. The molecule has 0 N–H and O–H groups in total. The average Bonchev–Trinajstić information content (AvgIpc) is 0.722. The number of rotatable bonds is 0. The van der Waals surface area contributed by atoms with Gasteiger partial charge in [0.25, 0.3) is 0 Å². The molecule has 0 aromatic carbocycles. The summed E-state index contributed by atoms with van der Waals surface area (Å²) in [6.07, 6.45) is 0. The SMILES string of the molecule is O=P([O-])([O-])[O-].[C+4].[Li+].[V+5]. The van der Waals surface area contributed by atoms with Gasteiger partial charge in [0, 0.05) is 0 Å². The van der Waals surface area contributed by atoms with Gasteiger partial charge in [0.1, 0.15) is 0 Å². The van der Waals surface area contributed by atoms with Crippen molar-refractivity contribution in [1.29, 1.82) is 0 Å². The summed E-state index contributed by atoms with van der Waals surface area (Å²) in [6.45, 7) is 0. The van der Waals surface area contributed by atoms with Crippen molar-refractivity contribution in [3.63, 3.8) is 0 Å². The fraction of sp³-hybridized carbons (Fsp3) is 0. The topological polar surface area (TPSA) is 86.2 Å².